The minimum atomic E-state index is 0.225. The van der Waals surface area contributed by atoms with E-state index in [4.69, 9.17) is 4.74 Å². The number of hydrogen-bond acceptors (Lipinski definition) is 3. The summed E-state index contributed by atoms with van der Waals surface area (Å²) in [6.07, 6.45) is 0. The quantitative estimate of drug-likeness (QED) is 0.926. The molecular formula is C13H14BrNOS. The highest BCUT2D eigenvalue weighted by Gasteiger charge is 2.13. The summed E-state index contributed by atoms with van der Waals surface area (Å²) in [6.45, 7) is 0. The van der Waals surface area contributed by atoms with Crippen molar-refractivity contribution >= 4 is 27.3 Å². The minimum absolute atomic E-state index is 0.225. The van der Waals surface area contributed by atoms with Gasteiger partial charge in [-0.15, -0.1) is 0 Å². The second-order valence-electron chi connectivity index (χ2n) is 3.67. The molecule has 2 aromatic rings. The Bertz CT molecular complexity index is 484. The van der Waals surface area contributed by atoms with Crippen molar-refractivity contribution in [2.75, 3.05) is 14.2 Å². The number of thiophene rings is 1. The summed E-state index contributed by atoms with van der Waals surface area (Å²) in [5.41, 5.74) is 2.51. The smallest absolute Gasteiger partial charge is 0.133 e. The molecule has 2 rings (SSSR count). The Morgan fingerprint density at radius 2 is 2.12 bits per heavy atom. The van der Waals surface area contributed by atoms with Gasteiger partial charge in [0.1, 0.15) is 5.75 Å². The molecule has 1 aromatic heterocycles. The Labute approximate surface area is 114 Å². The number of hydrogen-bond donors (Lipinski definition) is 1. The van der Waals surface area contributed by atoms with Crippen LogP contribution in [0.3, 0.4) is 0 Å². The van der Waals surface area contributed by atoms with Crippen LogP contribution in [0.15, 0.2) is 39.5 Å². The number of halogens is 1. The van der Waals surface area contributed by atoms with Crippen LogP contribution in [0.25, 0.3) is 0 Å². The van der Waals surface area contributed by atoms with E-state index in [-0.39, 0.29) is 6.04 Å². The fourth-order valence-electron chi connectivity index (χ4n) is 1.83. The van der Waals surface area contributed by atoms with Crippen molar-refractivity contribution in [2.24, 2.45) is 0 Å². The van der Waals surface area contributed by atoms with Crippen LogP contribution >= 0.6 is 27.3 Å². The molecule has 1 atom stereocenters. The van der Waals surface area contributed by atoms with Crippen LogP contribution in [0.4, 0.5) is 0 Å². The number of methoxy groups -OCH3 is 1. The van der Waals surface area contributed by atoms with Gasteiger partial charge < -0.3 is 10.1 Å². The summed E-state index contributed by atoms with van der Waals surface area (Å²) < 4.78 is 6.22. The molecule has 1 heterocycles. The molecule has 90 valence electrons. The highest BCUT2D eigenvalue weighted by molar-refractivity contribution is 9.10. The number of ether oxygens (including phenoxy) is 1. The molecule has 1 unspecified atom stereocenters. The van der Waals surface area contributed by atoms with Gasteiger partial charge in [-0.3, -0.25) is 0 Å². The molecule has 0 amide bonds. The van der Waals surface area contributed by atoms with Crippen molar-refractivity contribution in [2.45, 2.75) is 6.04 Å². The van der Waals surface area contributed by atoms with E-state index in [2.05, 4.69) is 50.2 Å². The maximum atomic E-state index is 5.24. The van der Waals surface area contributed by atoms with E-state index in [9.17, 15) is 0 Å². The van der Waals surface area contributed by atoms with Crippen molar-refractivity contribution in [3.05, 3.63) is 50.6 Å². The van der Waals surface area contributed by atoms with Crippen molar-refractivity contribution in [3.8, 4) is 5.75 Å². The molecule has 0 aliphatic carbocycles. The molecule has 1 N–H and O–H groups in total. The Hall–Kier alpha value is -0.840. The summed E-state index contributed by atoms with van der Waals surface area (Å²) in [7, 11) is 3.65. The normalized spacial score (nSPS) is 12.4. The highest BCUT2D eigenvalue weighted by Crippen LogP contribution is 2.31. The van der Waals surface area contributed by atoms with Crippen LogP contribution in [-0.2, 0) is 0 Å². The standard InChI is InChI=1S/C13H14BrNOS/c1-15-13(10-5-6-17-8-10)9-3-4-12(16-2)11(14)7-9/h3-8,13,15H,1-2H3. The first-order valence-electron chi connectivity index (χ1n) is 5.29. The van der Waals surface area contributed by atoms with E-state index in [0.29, 0.717) is 0 Å². The molecule has 17 heavy (non-hydrogen) atoms. The number of rotatable bonds is 4. The van der Waals surface area contributed by atoms with Crippen LogP contribution < -0.4 is 10.1 Å². The van der Waals surface area contributed by atoms with Crippen LogP contribution in [-0.4, -0.2) is 14.2 Å². The predicted molar refractivity (Wildman–Crippen MR) is 75.9 cm³/mol. The van der Waals surface area contributed by atoms with Crippen molar-refractivity contribution in [1.29, 1.82) is 0 Å². The molecule has 0 bridgehead atoms. The SMILES string of the molecule is CNC(c1ccsc1)c1ccc(OC)c(Br)c1. The summed E-state index contributed by atoms with van der Waals surface area (Å²) in [5, 5.41) is 7.59. The Morgan fingerprint density at radius 3 is 2.65 bits per heavy atom. The molecule has 2 nitrogen and oxygen atoms in total. The van der Waals surface area contributed by atoms with Gasteiger partial charge in [-0.05, 0) is 63.1 Å². The van der Waals surface area contributed by atoms with Gasteiger partial charge in [0, 0.05) is 0 Å². The number of nitrogens with one attached hydrogen (secondary N) is 1. The number of benzene rings is 1. The van der Waals surface area contributed by atoms with E-state index < -0.39 is 0 Å². The third kappa shape index (κ3) is 2.70. The molecule has 0 saturated heterocycles. The van der Waals surface area contributed by atoms with E-state index in [1.54, 1.807) is 18.4 Å². The molecule has 1 aromatic carbocycles. The first kappa shape index (κ1) is 12.6. The van der Waals surface area contributed by atoms with E-state index >= 15 is 0 Å². The fraction of sp³-hybridized carbons (Fsp3) is 0.231. The molecule has 0 fully saturated rings. The monoisotopic (exact) mass is 311 g/mol. The maximum Gasteiger partial charge on any atom is 0.133 e. The molecule has 0 spiro atoms. The Morgan fingerprint density at radius 1 is 1.29 bits per heavy atom. The van der Waals surface area contributed by atoms with Gasteiger partial charge in [0.15, 0.2) is 0 Å². The average molecular weight is 312 g/mol. The van der Waals surface area contributed by atoms with Crippen LogP contribution in [0.5, 0.6) is 5.75 Å². The molecule has 4 heteroatoms. The van der Waals surface area contributed by atoms with Crippen molar-refractivity contribution in [1.82, 2.24) is 5.32 Å². The van der Waals surface area contributed by atoms with Gasteiger partial charge in [-0.2, -0.15) is 11.3 Å². The second kappa shape index (κ2) is 5.67. The summed E-state index contributed by atoms with van der Waals surface area (Å²) >= 11 is 5.23. The first-order valence-corrected chi connectivity index (χ1v) is 7.02. The van der Waals surface area contributed by atoms with E-state index in [0.717, 1.165) is 10.2 Å². The second-order valence-corrected chi connectivity index (χ2v) is 5.31. The third-order valence-electron chi connectivity index (χ3n) is 2.67. The zero-order chi connectivity index (χ0) is 12.3. The lowest BCUT2D eigenvalue weighted by Gasteiger charge is -2.16. The summed E-state index contributed by atoms with van der Waals surface area (Å²) in [5.74, 6) is 0.855. The lowest BCUT2D eigenvalue weighted by Crippen LogP contribution is -2.16. The Kier molecular flexibility index (Phi) is 4.20. The fourth-order valence-corrected chi connectivity index (χ4v) is 3.07. The van der Waals surface area contributed by atoms with Crippen LogP contribution in [0.2, 0.25) is 0 Å². The Balaban J connectivity index is 2.35. The molecule has 0 aliphatic heterocycles. The van der Waals surface area contributed by atoms with Gasteiger partial charge in [-0.1, -0.05) is 6.07 Å². The molecule has 0 aliphatic rings. The zero-order valence-corrected chi connectivity index (χ0v) is 12.1. The highest BCUT2D eigenvalue weighted by atomic mass is 79.9. The van der Waals surface area contributed by atoms with Gasteiger partial charge in [-0.25, -0.2) is 0 Å². The summed E-state index contributed by atoms with van der Waals surface area (Å²) in [4.78, 5) is 0. The van der Waals surface area contributed by atoms with E-state index in [1.807, 2.05) is 13.1 Å². The minimum Gasteiger partial charge on any atom is -0.496 e. The topological polar surface area (TPSA) is 21.3 Å². The van der Waals surface area contributed by atoms with Gasteiger partial charge in [0.2, 0.25) is 0 Å². The molecule has 0 saturated carbocycles. The predicted octanol–water partition coefficient (Wildman–Crippen LogP) is 3.83. The van der Waals surface area contributed by atoms with Crippen molar-refractivity contribution in [3.63, 3.8) is 0 Å². The van der Waals surface area contributed by atoms with Gasteiger partial charge in [0.25, 0.3) is 0 Å². The summed E-state index contributed by atoms with van der Waals surface area (Å²) in [6, 6.07) is 8.53. The zero-order valence-electron chi connectivity index (χ0n) is 9.74. The lowest BCUT2D eigenvalue weighted by molar-refractivity contribution is 0.412. The lowest BCUT2D eigenvalue weighted by atomic mass is 10.0. The molecule has 0 radical (unpaired) electrons. The van der Waals surface area contributed by atoms with E-state index in [1.165, 1.54) is 11.1 Å². The van der Waals surface area contributed by atoms with Crippen molar-refractivity contribution < 1.29 is 4.74 Å². The maximum absolute atomic E-state index is 5.24. The third-order valence-corrected chi connectivity index (χ3v) is 4.00. The van der Waals surface area contributed by atoms with Gasteiger partial charge >= 0.3 is 0 Å². The van der Waals surface area contributed by atoms with Crippen LogP contribution in [0, 0.1) is 0 Å². The van der Waals surface area contributed by atoms with Gasteiger partial charge in [0.05, 0.1) is 17.6 Å². The van der Waals surface area contributed by atoms with Crippen LogP contribution in [0.1, 0.15) is 17.2 Å². The first-order chi connectivity index (χ1) is 8.26. The largest absolute Gasteiger partial charge is 0.496 e. The average Bonchev–Trinajstić information content (AvgIpc) is 2.84. The molecular weight excluding hydrogens is 298 g/mol.